The van der Waals surface area contributed by atoms with Crippen molar-refractivity contribution in [2.24, 2.45) is 27.2 Å². The lowest BCUT2D eigenvalue weighted by molar-refractivity contribution is 0.628. The van der Waals surface area contributed by atoms with Gasteiger partial charge in [-0.15, -0.1) is 12.4 Å². The van der Waals surface area contributed by atoms with E-state index in [1.807, 2.05) is 0 Å². The summed E-state index contributed by atoms with van der Waals surface area (Å²) in [5.41, 5.74) is 15.8. The molecule has 16 heavy (non-hydrogen) atoms. The van der Waals surface area contributed by atoms with Crippen LogP contribution in [-0.2, 0) is 0 Å². The molecule has 0 saturated heterocycles. The third kappa shape index (κ3) is 4.33. The normalized spacial score (nSPS) is 10.5. The van der Waals surface area contributed by atoms with Crippen molar-refractivity contribution in [2.45, 2.75) is 0 Å². The molecule has 6 N–H and O–H groups in total. The van der Waals surface area contributed by atoms with E-state index >= 15 is 0 Å². The third-order valence-electron chi connectivity index (χ3n) is 1.39. The van der Waals surface area contributed by atoms with Gasteiger partial charge >= 0.3 is 0 Å². The second kappa shape index (κ2) is 6.14. The largest absolute Gasteiger partial charge is 0.370 e. The van der Waals surface area contributed by atoms with Crippen molar-refractivity contribution in [3.05, 3.63) is 29.0 Å². The van der Waals surface area contributed by atoms with Gasteiger partial charge in [0.15, 0.2) is 5.96 Å². The summed E-state index contributed by atoms with van der Waals surface area (Å²) in [4.78, 5) is 7.22. The Kier molecular flexibility index (Phi) is 5.55. The van der Waals surface area contributed by atoms with Crippen LogP contribution in [0.2, 0.25) is 5.02 Å². The summed E-state index contributed by atoms with van der Waals surface area (Å²) in [5, 5.41) is 0.00867. The van der Waals surface area contributed by atoms with E-state index in [0.29, 0.717) is 0 Å². The first kappa shape index (κ1) is 14.5. The van der Waals surface area contributed by atoms with Gasteiger partial charge in [-0.05, 0) is 12.1 Å². The smallest absolute Gasteiger partial charge is 0.223 e. The Morgan fingerprint density at radius 1 is 1.25 bits per heavy atom. The molecule has 0 atom stereocenters. The summed E-state index contributed by atoms with van der Waals surface area (Å²) in [6, 6.07) is 3.97. The molecule has 5 nitrogen and oxygen atoms in total. The number of rotatable bonds is 1. The Balaban J connectivity index is 0.00000225. The molecule has 8 heteroatoms. The molecule has 0 heterocycles. The number of nitrogens with zero attached hydrogens (tertiary/aromatic N) is 2. The van der Waals surface area contributed by atoms with Gasteiger partial charge in [0.2, 0.25) is 5.96 Å². The summed E-state index contributed by atoms with van der Waals surface area (Å²) < 4.78 is 13.0. The van der Waals surface area contributed by atoms with Gasteiger partial charge in [-0.25, -0.2) is 9.38 Å². The van der Waals surface area contributed by atoms with Gasteiger partial charge in [0.25, 0.3) is 0 Å². The molecule has 0 amide bonds. The number of aliphatic imine (C=N–C) groups is 2. The molecule has 0 aliphatic carbocycles. The van der Waals surface area contributed by atoms with Gasteiger partial charge in [-0.1, -0.05) is 11.6 Å². The zero-order valence-electron chi connectivity index (χ0n) is 8.02. The number of halogens is 3. The van der Waals surface area contributed by atoms with Crippen molar-refractivity contribution < 1.29 is 4.39 Å². The second-order valence-electron chi connectivity index (χ2n) is 2.61. The van der Waals surface area contributed by atoms with E-state index in [2.05, 4.69) is 9.98 Å². The van der Waals surface area contributed by atoms with Crippen LogP contribution >= 0.6 is 24.0 Å². The van der Waals surface area contributed by atoms with Crippen LogP contribution in [-0.4, -0.2) is 11.9 Å². The van der Waals surface area contributed by atoms with Crippen LogP contribution in [0.25, 0.3) is 0 Å². The predicted octanol–water partition coefficient (Wildman–Crippen LogP) is 1.12. The standard InChI is InChI=1S/C8H9ClFN5.ClH/c9-5-2-1-4(3-6(5)10)14-8(13)15-7(11)12;/h1-3H,(H6,11,12,13,14,15);1H. The van der Waals surface area contributed by atoms with Gasteiger partial charge in [0.05, 0.1) is 10.7 Å². The number of nitrogens with two attached hydrogens (primary N) is 3. The molecule has 0 aromatic heterocycles. The van der Waals surface area contributed by atoms with Crippen molar-refractivity contribution in [1.29, 1.82) is 0 Å². The van der Waals surface area contributed by atoms with Gasteiger partial charge in [-0.2, -0.15) is 4.99 Å². The van der Waals surface area contributed by atoms with Gasteiger partial charge < -0.3 is 17.2 Å². The minimum Gasteiger partial charge on any atom is -0.370 e. The van der Waals surface area contributed by atoms with E-state index < -0.39 is 5.82 Å². The Morgan fingerprint density at radius 2 is 1.88 bits per heavy atom. The van der Waals surface area contributed by atoms with Crippen LogP contribution in [0.4, 0.5) is 10.1 Å². The fourth-order valence-electron chi connectivity index (χ4n) is 0.844. The number of benzene rings is 1. The molecule has 0 unspecified atom stereocenters. The Bertz CT molecular complexity index is 428. The van der Waals surface area contributed by atoms with Gasteiger partial charge in [0, 0.05) is 6.07 Å². The maximum Gasteiger partial charge on any atom is 0.223 e. The fraction of sp³-hybridized carbons (Fsp3) is 0. The topological polar surface area (TPSA) is 103 Å². The molecule has 1 aromatic rings. The van der Waals surface area contributed by atoms with Crippen LogP contribution in [0.5, 0.6) is 0 Å². The summed E-state index contributed by atoms with van der Waals surface area (Å²) in [7, 11) is 0. The Hall–Kier alpha value is -1.53. The zero-order valence-corrected chi connectivity index (χ0v) is 9.60. The van der Waals surface area contributed by atoms with Crippen LogP contribution < -0.4 is 17.2 Å². The molecule has 1 rings (SSSR count). The molecule has 0 fully saturated rings. The third-order valence-corrected chi connectivity index (χ3v) is 1.70. The minimum atomic E-state index is -0.588. The first-order valence-electron chi connectivity index (χ1n) is 3.88. The van der Waals surface area contributed by atoms with Crippen LogP contribution in [0.3, 0.4) is 0 Å². The first-order valence-corrected chi connectivity index (χ1v) is 4.25. The lowest BCUT2D eigenvalue weighted by Crippen LogP contribution is -2.26. The zero-order chi connectivity index (χ0) is 11.4. The Labute approximate surface area is 103 Å². The molecule has 0 aliphatic rings. The van der Waals surface area contributed by atoms with E-state index in [9.17, 15) is 4.39 Å². The number of guanidine groups is 2. The van der Waals surface area contributed by atoms with E-state index in [4.69, 9.17) is 28.8 Å². The first-order chi connectivity index (χ1) is 6.99. The quantitative estimate of drug-likeness (QED) is 0.524. The molecular weight excluding hydrogens is 256 g/mol. The van der Waals surface area contributed by atoms with Crippen molar-refractivity contribution in [2.75, 3.05) is 0 Å². The van der Waals surface area contributed by atoms with Crippen LogP contribution in [0.1, 0.15) is 0 Å². The molecule has 88 valence electrons. The average Bonchev–Trinajstić information content (AvgIpc) is 2.10. The molecule has 0 aliphatic heterocycles. The highest BCUT2D eigenvalue weighted by molar-refractivity contribution is 6.30. The van der Waals surface area contributed by atoms with E-state index in [0.717, 1.165) is 6.07 Å². The summed E-state index contributed by atoms with van der Waals surface area (Å²) in [6.45, 7) is 0. The maximum absolute atomic E-state index is 13.0. The summed E-state index contributed by atoms with van der Waals surface area (Å²) >= 11 is 5.48. The SMILES string of the molecule is Cl.NC(N)=NC(N)=Nc1ccc(Cl)c(F)c1. The molecule has 1 aromatic carbocycles. The van der Waals surface area contributed by atoms with Gasteiger partial charge in [0.1, 0.15) is 5.82 Å². The molecule has 0 radical (unpaired) electrons. The maximum atomic E-state index is 13.0. The Morgan fingerprint density at radius 3 is 2.38 bits per heavy atom. The molecule has 0 spiro atoms. The summed E-state index contributed by atoms with van der Waals surface area (Å²) in [6.07, 6.45) is 0. The predicted molar refractivity (Wildman–Crippen MR) is 65.8 cm³/mol. The minimum absolute atomic E-state index is 0. The lowest BCUT2D eigenvalue weighted by Gasteiger charge is -1.97. The van der Waals surface area contributed by atoms with Crippen LogP contribution in [0.15, 0.2) is 28.2 Å². The number of hydrogen-bond acceptors (Lipinski definition) is 1. The van der Waals surface area contributed by atoms with E-state index in [1.54, 1.807) is 0 Å². The highest BCUT2D eigenvalue weighted by atomic mass is 35.5. The fourth-order valence-corrected chi connectivity index (χ4v) is 0.962. The number of hydrogen-bond donors (Lipinski definition) is 3. The summed E-state index contributed by atoms with van der Waals surface area (Å²) in [5.74, 6) is -0.960. The van der Waals surface area contributed by atoms with Crippen molar-refractivity contribution in [3.63, 3.8) is 0 Å². The average molecular weight is 266 g/mol. The highest BCUT2D eigenvalue weighted by Gasteiger charge is 2.00. The second-order valence-corrected chi connectivity index (χ2v) is 3.01. The van der Waals surface area contributed by atoms with Crippen molar-refractivity contribution in [3.8, 4) is 0 Å². The van der Waals surface area contributed by atoms with E-state index in [-0.39, 0.29) is 35.0 Å². The lowest BCUT2D eigenvalue weighted by atomic mass is 10.3. The molecule has 0 saturated carbocycles. The molecular formula is C8H10Cl2FN5. The van der Waals surface area contributed by atoms with E-state index in [1.165, 1.54) is 12.1 Å². The van der Waals surface area contributed by atoms with Gasteiger partial charge in [-0.3, -0.25) is 0 Å². The highest BCUT2D eigenvalue weighted by Crippen LogP contribution is 2.20. The van der Waals surface area contributed by atoms with Crippen molar-refractivity contribution >= 4 is 41.6 Å². The van der Waals surface area contributed by atoms with Crippen molar-refractivity contribution in [1.82, 2.24) is 0 Å². The molecule has 0 bridgehead atoms. The van der Waals surface area contributed by atoms with Crippen LogP contribution in [0, 0.1) is 5.82 Å². The monoisotopic (exact) mass is 265 g/mol.